The summed E-state index contributed by atoms with van der Waals surface area (Å²) in [7, 11) is 0. The van der Waals surface area contributed by atoms with E-state index < -0.39 is 0 Å². The molecular weight excluding hydrogens is 347 g/mol. The zero-order valence-electron chi connectivity index (χ0n) is 15.1. The van der Waals surface area contributed by atoms with E-state index in [-0.39, 0.29) is 35.5 Å². The van der Waals surface area contributed by atoms with Gasteiger partial charge in [-0.05, 0) is 55.5 Å². The van der Waals surface area contributed by atoms with Gasteiger partial charge in [0.05, 0.1) is 24.8 Å². The number of furan rings is 1. The van der Waals surface area contributed by atoms with Crippen LogP contribution < -0.4 is 5.32 Å². The average Bonchev–Trinajstić information content (AvgIpc) is 3.41. The molecule has 1 saturated heterocycles. The molecule has 2 fully saturated rings. The maximum atomic E-state index is 13.3. The molecular formula is C21H23FN2O3. The molecule has 1 N–H and O–H groups in total. The topological polar surface area (TPSA) is 62.6 Å². The summed E-state index contributed by atoms with van der Waals surface area (Å²) in [6.45, 7) is 0.752. The number of halogens is 1. The minimum absolute atomic E-state index is 0.0578. The maximum absolute atomic E-state index is 13.3. The molecule has 0 bridgehead atoms. The van der Waals surface area contributed by atoms with Crippen LogP contribution in [-0.4, -0.2) is 23.3 Å². The number of nitrogens with one attached hydrogen (secondary N) is 1. The van der Waals surface area contributed by atoms with Crippen molar-refractivity contribution in [1.29, 1.82) is 0 Å². The van der Waals surface area contributed by atoms with Crippen molar-refractivity contribution in [3.63, 3.8) is 0 Å². The van der Waals surface area contributed by atoms with Gasteiger partial charge in [0.2, 0.25) is 11.8 Å². The summed E-state index contributed by atoms with van der Waals surface area (Å²) in [5, 5.41) is 2.90. The van der Waals surface area contributed by atoms with Gasteiger partial charge < -0.3 is 14.6 Å². The summed E-state index contributed by atoms with van der Waals surface area (Å²) >= 11 is 0. The van der Waals surface area contributed by atoms with Crippen LogP contribution in [0.15, 0.2) is 47.1 Å². The smallest absolute Gasteiger partial charge is 0.226 e. The van der Waals surface area contributed by atoms with E-state index in [2.05, 4.69) is 5.32 Å². The van der Waals surface area contributed by atoms with Gasteiger partial charge in [-0.1, -0.05) is 12.1 Å². The van der Waals surface area contributed by atoms with Gasteiger partial charge in [-0.25, -0.2) is 4.39 Å². The molecule has 4 rings (SSSR count). The Balaban J connectivity index is 1.45. The van der Waals surface area contributed by atoms with Crippen molar-refractivity contribution in [3.8, 4) is 0 Å². The van der Waals surface area contributed by atoms with Gasteiger partial charge in [0.1, 0.15) is 11.6 Å². The van der Waals surface area contributed by atoms with Crippen LogP contribution in [0.1, 0.15) is 43.0 Å². The zero-order valence-corrected chi connectivity index (χ0v) is 15.1. The van der Waals surface area contributed by atoms with Gasteiger partial charge in [-0.2, -0.15) is 0 Å². The van der Waals surface area contributed by atoms with Gasteiger partial charge in [0.25, 0.3) is 0 Å². The Morgan fingerprint density at radius 2 is 1.81 bits per heavy atom. The Morgan fingerprint density at radius 3 is 2.48 bits per heavy atom. The lowest BCUT2D eigenvalue weighted by Gasteiger charge is -2.39. The fourth-order valence-electron chi connectivity index (χ4n) is 3.76. The second-order valence-electron chi connectivity index (χ2n) is 7.40. The first-order chi connectivity index (χ1) is 13.1. The molecule has 142 valence electrons. The quantitative estimate of drug-likeness (QED) is 0.877. The van der Waals surface area contributed by atoms with Gasteiger partial charge in [0, 0.05) is 12.5 Å². The predicted octanol–water partition coefficient (Wildman–Crippen LogP) is 3.42. The Morgan fingerprint density at radius 1 is 1.07 bits per heavy atom. The molecule has 2 aromatic rings. The van der Waals surface area contributed by atoms with Crippen molar-refractivity contribution in [2.75, 3.05) is 6.54 Å². The molecule has 5 nitrogen and oxygen atoms in total. The second kappa shape index (κ2) is 7.55. The first kappa shape index (κ1) is 17.8. The van der Waals surface area contributed by atoms with E-state index in [1.165, 1.54) is 12.1 Å². The lowest BCUT2D eigenvalue weighted by Crippen LogP contribution is -2.47. The summed E-state index contributed by atoms with van der Waals surface area (Å²) in [4.78, 5) is 27.3. The van der Waals surface area contributed by atoms with Crippen molar-refractivity contribution < 1.29 is 18.4 Å². The van der Waals surface area contributed by atoms with Crippen LogP contribution in [0.3, 0.4) is 0 Å². The lowest BCUT2D eigenvalue weighted by molar-refractivity contribution is -0.140. The van der Waals surface area contributed by atoms with Gasteiger partial charge in [-0.15, -0.1) is 0 Å². The number of benzene rings is 1. The third-order valence-electron chi connectivity index (χ3n) is 5.43. The number of carbonyl (C=O) groups is 2. The highest BCUT2D eigenvalue weighted by Gasteiger charge is 2.41. The molecule has 1 aliphatic heterocycles. The molecule has 0 spiro atoms. The molecule has 27 heavy (non-hydrogen) atoms. The standard InChI is InChI=1S/C21H23FN2O3/c22-17-8-5-14(6-9-17)19-10-7-16(13-24(19)21(26)15-3-4-15)20(25)23-12-18-2-1-11-27-18/h1-2,5-6,8-9,11,15-16,19H,3-4,7,10,12-13H2,(H,23,25). The molecule has 2 heterocycles. The molecule has 1 aromatic heterocycles. The Kier molecular flexibility index (Phi) is 4.97. The average molecular weight is 370 g/mol. The van der Waals surface area contributed by atoms with Crippen molar-refractivity contribution in [1.82, 2.24) is 10.2 Å². The largest absolute Gasteiger partial charge is 0.467 e. The summed E-state index contributed by atoms with van der Waals surface area (Å²) in [6.07, 6.45) is 4.80. The van der Waals surface area contributed by atoms with E-state index in [4.69, 9.17) is 4.42 Å². The number of hydrogen-bond donors (Lipinski definition) is 1. The molecule has 6 heteroatoms. The molecule has 2 atom stereocenters. The fourth-order valence-corrected chi connectivity index (χ4v) is 3.76. The van der Waals surface area contributed by atoms with Crippen molar-refractivity contribution in [2.45, 2.75) is 38.3 Å². The number of rotatable bonds is 5. The highest BCUT2D eigenvalue weighted by Crippen LogP contribution is 2.39. The molecule has 1 saturated carbocycles. The fraction of sp³-hybridized carbons (Fsp3) is 0.429. The molecule has 1 aliphatic carbocycles. The van der Waals surface area contributed by atoms with Gasteiger partial charge >= 0.3 is 0 Å². The number of likely N-dealkylation sites (tertiary alicyclic amines) is 1. The SMILES string of the molecule is O=C(NCc1ccco1)C1CCC(c2ccc(F)cc2)N(C(=O)C2CC2)C1. The van der Waals surface area contributed by atoms with E-state index in [1.54, 1.807) is 24.5 Å². The first-order valence-electron chi connectivity index (χ1n) is 9.48. The van der Waals surface area contributed by atoms with Crippen LogP contribution in [0.4, 0.5) is 4.39 Å². The summed E-state index contributed by atoms with van der Waals surface area (Å²) < 4.78 is 18.5. The van der Waals surface area contributed by atoms with Crippen molar-refractivity contribution >= 4 is 11.8 Å². The van der Waals surface area contributed by atoms with E-state index >= 15 is 0 Å². The molecule has 0 radical (unpaired) electrons. The predicted molar refractivity (Wildman–Crippen MR) is 96.9 cm³/mol. The minimum Gasteiger partial charge on any atom is -0.467 e. The normalized spacial score (nSPS) is 22.5. The monoisotopic (exact) mass is 370 g/mol. The Labute approximate surface area is 157 Å². The summed E-state index contributed by atoms with van der Waals surface area (Å²) in [5.41, 5.74) is 0.930. The minimum atomic E-state index is -0.287. The van der Waals surface area contributed by atoms with E-state index in [9.17, 15) is 14.0 Å². The van der Waals surface area contributed by atoms with E-state index in [0.717, 1.165) is 18.4 Å². The number of nitrogens with zero attached hydrogens (tertiary/aromatic N) is 1. The van der Waals surface area contributed by atoms with Gasteiger partial charge in [-0.3, -0.25) is 9.59 Å². The third-order valence-corrected chi connectivity index (χ3v) is 5.43. The van der Waals surface area contributed by atoms with E-state index in [1.807, 2.05) is 11.0 Å². The van der Waals surface area contributed by atoms with Crippen LogP contribution in [0.2, 0.25) is 0 Å². The Bertz CT molecular complexity index is 799. The molecule has 2 aliphatic rings. The third kappa shape index (κ3) is 4.04. The number of piperidine rings is 1. The second-order valence-corrected chi connectivity index (χ2v) is 7.40. The van der Waals surface area contributed by atoms with Gasteiger partial charge in [0.15, 0.2) is 0 Å². The number of hydrogen-bond acceptors (Lipinski definition) is 3. The first-order valence-corrected chi connectivity index (χ1v) is 9.48. The summed E-state index contributed by atoms with van der Waals surface area (Å²) in [6, 6.07) is 9.84. The number of amides is 2. The molecule has 2 unspecified atom stereocenters. The van der Waals surface area contributed by atoms with Crippen LogP contribution >= 0.6 is 0 Å². The van der Waals surface area contributed by atoms with Crippen LogP contribution in [-0.2, 0) is 16.1 Å². The van der Waals surface area contributed by atoms with E-state index in [0.29, 0.717) is 31.7 Å². The van der Waals surface area contributed by atoms with Crippen molar-refractivity contribution in [2.24, 2.45) is 11.8 Å². The maximum Gasteiger partial charge on any atom is 0.226 e. The number of carbonyl (C=O) groups excluding carboxylic acids is 2. The lowest BCUT2D eigenvalue weighted by atomic mass is 9.88. The highest BCUT2D eigenvalue weighted by atomic mass is 19.1. The molecule has 1 aromatic carbocycles. The zero-order chi connectivity index (χ0) is 18.8. The summed E-state index contributed by atoms with van der Waals surface area (Å²) in [5.74, 6) is 0.321. The van der Waals surface area contributed by atoms with Crippen LogP contribution in [0.5, 0.6) is 0 Å². The van der Waals surface area contributed by atoms with Crippen LogP contribution in [0.25, 0.3) is 0 Å². The Hall–Kier alpha value is -2.63. The highest BCUT2D eigenvalue weighted by molar-refractivity contribution is 5.84. The van der Waals surface area contributed by atoms with Crippen molar-refractivity contribution in [3.05, 3.63) is 59.8 Å². The molecule has 2 amide bonds. The van der Waals surface area contributed by atoms with Crippen LogP contribution in [0, 0.1) is 17.7 Å².